The third-order valence-electron chi connectivity index (χ3n) is 4.84. The fourth-order valence-electron chi connectivity index (χ4n) is 3.31. The van der Waals surface area contributed by atoms with E-state index in [4.69, 9.17) is 9.47 Å². The van der Waals surface area contributed by atoms with Crippen LogP contribution in [-0.4, -0.2) is 28.2 Å². The van der Waals surface area contributed by atoms with Gasteiger partial charge in [0.2, 0.25) is 0 Å². The average Bonchev–Trinajstić information content (AvgIpc) is 3.45. The minimum Gasteiger partial charge on any atom is -0.497 e. The van der Waals surface area contributed by atoms with Gasteiger partial charge in [-0.2, -0.15) is 5.10 Å². The van der Waals surface area contributed by atoms with Gasteiger partial charge >= 0.3 is 0 Å². The lowest BCUT2D eigenvalue weighted by molar-refractivity contribution is 0.0954. The van der Waals surface area contributed by atoms with Gasteiger partial charge in [0, 0.05) is 21.6 Å². The second kappa shape index (κ2) is 7.64. The first kappa shape index (κ1) is 18.4. The van der Waals surface area contributed by atoms with E-state index in [1.54, 1.807) is 7.11 Å². The molecule has 2 aromatic heterocycles. The van der Waals surface area contributed by atoms with E-state index in [0.29, 0.717) is 23.1 Å². The summed E-state index contributed by atoms with van der Waals surface area (Å²) in [6.07, 6.45) is 0. The van der Waals surface area contributed by atoms with Crippen LogP contribution in [0.25, 0.3) is 21.8 Å². The molecule has 0 radical (unpaired) electrons. The van der Waals surface area contributed by atoms with Crippen molar-refractivity contribution in [3.05, 3.63) is 70.9 Å². The van der Waals surface area contributed by atoms with Gasteiger partial charge in [-0.05, 0) is 42.5 Å². The van der Waals surface area contributed by atoms with Crippen molar-refractivity contribution >= 4 is 17.2 Å². The second-order valence-electron chi connectivity index (χ2n) is 6.77. The monoisotopic (exact) mass is 418 g/mol. The van der Waals surface area contributed by atoms with Gasteiger partial charge in [0.15, 0.2) is 5.82 Å². The number of H-pyrrole nitrogens is 1. The van der Waals surface area contributed by atoms with Crippen molar-refractivity contribution in [1.82, 2.24) is 20.5 Å². The fourth-order valence-corrected chi connectivity index (χ4v) is 4.42. The molecule has 30 heavy (non-hydrogen) atoms. The van der Waals surface area contributed by atoms with Gasteiger partial charge < -0.3 is 14.8 Å². The van der Waals surface area contributed by atoms with Crippen LogP contribution in [0, 0.1) is 0 Å². The Morgan fingerprint density at radius 3 is 2.90 bits per heavy atom. The molecule has 2 aromatic carbocycles. The Labute approximate surface area is 176 Å². The van der Waals surface area contributed by atoms with E-state index in [9.17, 15) is 4.79 Å². The predicted octanol–water partition coefficient (Wildman–Crippen LogP) is 4.03. The molecule has 0 saturated carbocycles. The Morgan fingerprint density at radius 2 is 2.07 bits per heavy atom. The lowest BCUT2D eigenvalue weighted by Crippen LogP contribution is -2.22. The van der Waals surface area contributed by atoms with Crippen LogP contribution in [0.1, 0.15) is 21.1 Å². The molecule has 8 heteroatoms. The lowest BCUT2D eigenvalue weighted by atomic mass is 10.1. The number of carbonyl (C=O) groups is 1. The van der Waals surface area contributed by atoms with Gasteiger partial charge in [-0.1, -0.05) is 12.1 Å². The fraction of sp³-hybridized carbons (Fsp3) is 0.136. The first-order valence-electron chi connectivity index (χ1n) is 9.40. The van der Waals surface area contributed by atoms with Crippen LogP contribution >= 0.6 is 11.3 Å². The molecule has 5 rings (SSSR count). The molecule has 4 aromatic rings. The van der Waals surface area contributed by atoms with Crippen molar-refractivity contribution in [3.8, 4) is 33.3 Å². The summed E-state index contributed by atoms with van der Waals surface area (Å²) in [5.41, 5.74) is 2.93. The highest BCUT2D eigenvalue weighted by molar-refractivity contribution is 7.17. The Morgan fingerprint density at radius 1 is 1.23 bits per heavy atom. The number of nitrogens with one attached hydrogen (secondary N) is 2. The predicted molar refractivity (Wildman–Crippen MR) is 114 cm³/mol. The second-order valence-corrected chi connectivity index (χ2v) is 7.82. The molecule has 0 atom stereocenters. The topological polar surface area (TPSA) is 89.1 Å². The maximum absolute atomic E-state index is 12.7. The number of aromatic nitrogens is 3. The quantitative estimate of drug-likeness (QED) is 0.511. The van der Waals surface area contributed by atoms with Crippen molar-refractivity contribution in [2.75, 3.05) is 7.11 Å². The van der Waals surface area contributed by atoms with Crippen LogP contribution in [0.4, 0.5) is 0 Å². The van der Waals surface area contributed by atoms with Crippen LogP contribution in [0.2, 0.25) is 0 Å². The Bertz CT molecular complexity index is 1210. The summed E-state index contributed by atoms with van der Waals surface area (Å²) in [7, 11) is 1.62. The largest absolute Gasteiger partial charge is 0.497 e. The van der Waals surface area contributed by atoms with Crippen LogP contribution < -0.4 is 14.8 Å². The molecular formula is C22H18N4O3S. The van der Waals surface area contributed by atoms with Crippen molar-refractivity contribution in [3.63, 3.8) is 0 Å². The van der Waals surface area contributed by atoms with Crippen molar-refractivity contribution in [1.29, 1.82) is 0 Å². The van der Waals surface area contributed by atoms with E-state index >= 15 is 0 Å². The molecule has 0 unspecified atom stereocenters. The number of aromatic amines is 1. The molecular weight excluding hydrogens is 400 g/mol. The zero-order valence-corrected chi connectivity index (χ0v) is 17.0. The maximum atomic E-state index is 12.7. The van der Waals surface area contributed by atoms with Crippen LogP contribution in [0.3, 0.4) is 0 Å². The van der Waals surface area contributed by atoms with E-state index in [1.165, 1.54) is 11.3 Å². The number of fused-ring (bicyclic) bond motifs is 3. The molecule has 2 N–H and O–H groups in total. The molecule has 0 fully saturated rings. The van der Waals surface area contributed by atoms with E-state index in [0.717, 1.165) is 33.1 Å². The third kappa shape index (κ3) is 3.42. The lowest BCUT2D eigenvalue weighted by Gasteiger charge is -2.16. The van der Waals surface area contributed by atoms with Gasteiger partial charge in [0.05, 0.1) is 18.5 Å². The minimum absolute atomic E-state index is 0.144. The normalized spacial score (nSPS) is 11.9. The first-order chi connectivity index (χ1) is 14.7. The van der Waals surface area contributed by atoms with Crippen LogP contribution in [-0.2, 0) is 13.2 Å². The number of nitrogens with zero attached hydrogens (tertiary/aromatic N) is 2. The molecule has 0 bridgehead atoms. The number of rotatable bonds is 5. The van der Waals surface area contributed by atoms with Gasteiger partial charge in [-0.15, -0.1) is 11.3 Å². The summed E-state index contributed by atoms with van der Waals surface area (Å²) in [6.45, 7) is 0.737. The van der Waals surface area contributed by atoms with Crippen molar-refractivity contribution in [2.45, 2.75) is 13.2 Å². The number of ether oxygens (including phenoxy) is 2. The molecule has 0 aliphatic carbocycles. The Balaban J connectivity index is 1.27. The van der Waals surface area contributed by atoms with Gasteiger partial charge in [0.1, 0.15) is 23.9 Å². The number of amides is 1. The van der Waals surface area contributed by atoms with E-state index in [-0.39, 0.29) is 12.5 Å². The third-order valence-corrected chi connectivity index (χ3v) is 6.05. The molecule has 1 aliphatic rings. The highest BCUT2D eigenvalue weighted by Gasteiger charge is 2.22. The summed E-state index contributed by atoms with van der Waals surface area (Å²) in [4.78, 5) is 18.9. The molecule has 150 valence electrons. The highest BCUT2D eigenvalue weighted by atomic mass is 32.1. The van der Waals surface area contributed by atoms with Gasteiger partial charge in [0.25, 0.3) is 5.91 Å². The number of benzene rings is 2. The Hall–Kier alpha value is -3.65. The summed E-state index contributed by atoms with van der Waals surface area (Å²) in [5, 5.41) is 10.0. The average molecular weight is 418 g/mol. The SMILES string of the molecule is COc1ccc(-c2n[nH]c(CNC(=O)c3cc4c(s3)-c3ccccc3OC4)n2)cc1. The number of para-hydroxylation sites is 1. The molecule has 7 nitrogen and oxygen atoms in total. The molecule has 0 saturated heterocycles. The number of hydrogen-bond acceptors (Lipinski definition) is 6. The number of methoxy groups -OCH3 is 1. The first-order valence-corrected chi connectivity index (χ1v) is 10.2. The van der Waals surface area contributed by atoms with Crippen molar-refractivity contribution < 1.29 is 14.3 Å². The zero-order chi connectivity index (χ0) is 20.5. The molecule has 0 spiro atoms. The van der Waals surface area contributed by atoms with Crippen LogP contribution in [0.5, 0.6) is 11.5 Å². The summed E-state index contributed by atoms with van der Waals surface area (Å²) < 4.78 is 10.9. The number of thiophene rings is 1. The maximum Gasteiger partial charge on any atom is 0.261 e. The number of hydrogen-bond donors (Lipinski definition) is 2. The molecule has 1 amide bonds. The summed E-state index contributed by atoms with van der Waals surface area (Å²) in [6, 6.07) is 17.3. The summed E-state index contributed by atoms with van der Waals surface area (Å²) >= 11 is 1.48. The molecule has 1 aliphatic heterocycles. The van der Waals surface area contributed by atoms with Crippen molar-refractivity contribution in [2.24, 2.45) is 0 Å². The minimum atomic E-state index is -0.144. The Kier molecular flexibility index (Phi) is 4.68. The van der Waals surface area contributed by atoms with E-state index in [1.807, 2.05) is 54.6 Å². The van der Waals surface area contributed by atoms with E-state index < -0.39 is 0 Å². The van der Waals surface area contributed by atoms with Gasteiger partial charge in [-0.3, -0.25) is 9.89 Å². The standard InChI is InChI=1S/C22H18N4O3S/c1-28-15-8-6-13(7-9-15)21-24-19(25-26-21)11-23-22(27)18-10-14-12-29-17-5-3-2-4-16(17)20(14)30-18/h2-10H,11-12H2,1H3,(H,23,27)(H,24,25,26). The smallest absolute Gasteiger partial charge is 0.261 e. The zero-order valence-electron chi connectivity index (χ0n) is 16.1. The summed E-state index contributed by atoms with van der Waals surface area (Å²) in [5.74, 6) is 2.64. The van der Waals surface area contributed by atoms with E-state index in [2.05, 4.69) is 20.5 Å². The number of carbonyl (C=O) groups excluding carboxylic acids is 1. The molecule has 3 heterocycles. The highest BCUT2D eigenvalue weighted by Crippen LogP contribution is 2.42. The van der Waals surface area contributed by atoms with Gasteiger partial charge in [-0.25, -0.2) is 4.98 Å². The van der Waals surface area contributed by atoms with Crippen LogP contribution in [0.15, 0.2) is 54.6 Å².